The molecule has 4 heterocycles. The third-order valence-corrected chi connectivity index (χ3v) is 10.5. The van der Waals surface area contributed by atoms with Crippen LogP contribution in [0.1, 0.15) is 41.6 Å². The molecule has 5 amide bonds. The third-order valence-electron chi connectivity index (χ3n) is 9.52. The van der Waals surface area contributed by atoms with Crippen LogP contribution in [0.15, 0.2) is 24.3 Å². The van der Waals surface area contributed by atoms with Gasteiger partial charge in [-0.2, -0.15) is 16.8 Å². The second-order valence-electron chi connectivity index (χ2n) is 13.1. The number of rotatable bonds is 13. The third kappa shape index (κ3) is 9.47. The van der Waals surface area contributed by atoms with Crippen molar-refractivity contribution < 1.29 is 88.6 Å². The number of primary amides is 1. The van der Waals surface area contributed by atoms with Crippen LogP contribution in [0.25, 0.3) is 0 Å². The van der Waals surface area contributed by atoms with Gasteiger partial charge in [0.15, 0.2) is 0 Å². The molecule has 4 aliphatic rings. The fourth-order valence-electron chi connectivity index (χ4n) is 7.30. The van der Waals surface area contributed by atoms with E-state index in [4.69, 9.17) is 34.8 Å². The first-order valence-electron chi connectivity index (χ1n) is 16.1. The molecular formula is C28H37N5O19S2. The Kier molecular flexibility index (Phi) is 12.5. The first kappa shape index (κ1) is 41.2. The van der Waals surface area contributed by atoms with Crippen LogP contribution < -0.4 is 5.73 Å². The van der Waals surface area contributed by atoms with Crippen molar-refractivity contribution >= 4 is 50.3 Å². The smallest absolute Gasteiger partial charge is 0.368 e. The second kappa shape index (κ2) is 16.4. The van der Waals surface area contributed by atoms with Gasteiger partial charge in [-0.1, -0.05) is 27.8 Å². The van der Waals surface area contributed by atoms with Gasteiger partial charge in [-0.15, -0.1) is 0 Å². The van der Waals surface area contributed by atoms with Gasteiger partial charge in [0, 0.05) is 44.3 Å². The van der Waals surface area contributed by atoms with Gasteiger partial charge in [-0.05, 0) is 19.1 Å². The summed E-state index contributed by atoms with van der Waals surface area (Å²) in [6.45, 7) is -0.173. The molecule has 5 rings (SSSR count). The Bertz CT molecular complexity index is 1830. The van der Waals surface area contributed by atoms with Crippen LogP contribution in [0, 0.1) is 6.92 Å². The van der Waals surface area contributed by atoms with Crippen molar-refractivity contribution in [3.8, 4) is 0 Å². The van der Waals surface area contributed by atoms with E-state index in [2.05, 4.69) is 14.3 Å². The van der Waals surface area contributed by atoms with Crippen molar-refractivity contribution in [1.29, 1.82) is 0 Å². The molecular weight excluding hydrogens is 774 g/mol. The minimum atomic E-state index is -5.04. The monoisotopic (exact) mass is 811 g/mol. The maximum absolute atomic E-state index is 14.4. The standard InChI is InChI=1S/C28H37N5O19S2/c1-14-2-4-15(5-3-14)25(35)31-13-19(50-54(44,45)46)9-23(31)28(38)33-11-17(48-52-40)7-22(33)27(37)32-10-16(47-51-39)6-21(32)26(36)30-12-18(49-53(41,42)43)8-20(30)24(29)34/h2-5,16-23,39-40H,6-13H2,1H3,(H2,29,34)(H,41,42,43)(H,44,45,46)/t16-,17-,18-,19-,20+,21+,22+,23+/m0/s1. The van der Waals surface area contributed by atoms with Crippen LogP contribution in [0.2, 0.25) is 0 Å². The van der Waals surface area contributed by atoms with E-state index in [9.17, 15) is 45.4 Å². The van der Waals surface area contributed by atoms with Gasteiger partial charge < -0.3 is 25.3 Å². The molecule has 0 aliphatic carbocycles. The molecule has 0 unspecified atom stereocenters. The van der Waals surface area contributed by atoms with Crippen molar-refractivity contribution in [2.24, 2.45) is 5.73 Å². The number of nitrogens with zero attached hydrogens (tertiary/aromatic N) is 4. The summed E-state index contributed by atoms with van der Waals surface area (Å²) < 4.78 is 73.6. The summed E-state index contributed by atoms with van der Waals surface area (Å²) in [7, 11) is -10.1. The molecule has 4 saturated heterocycles. The zero-order valence-electron chi connectivity index (χ0n) is 28.2. The number of hydrogen-bond donors (Lipinski definition) is 5. The molecule has 54 heavy (non-hydrogen) atoms. The van der Waals surface area contributed by atoms with Crippen molar-refractivity contribution in [1.82, 2.24) is 19.6 Å². The van der Waals surface area contributed by atoms with Gasteiger partial charge in [0.1, 0.15) is 36.4 Å². The molecule has 24 nitrogen and oxygen atoms in total. The highest BCUT2D eigenvalue weighted by Gasteiger charge is 2.53. The number of nitrogens with two attached hydrogens (primary N) is 1. The SMILES string of the molecule is Cc1ccc(C(=O)N2C[C@@H](OS(=O)(=O)O)C[C@@H]2C(=O)N2C[C@@H](OOO)C[C@@H]2C(=O)N2C[C@@H](OOO)C[C@@H]2C(=O)N2C[C@@H](OS(=O)(=O)O)C[C@@H]2C(N)=O)cc1. The van der Waals surface area contributed by atoms with E-state index in [1.807, 2.05) is 0 Å². The topological polar surface area (TPSA) is 329 Å². The summed E-state index contributed by atoms with van der Waals surface area (Å²) in [5, 5.41) is 25.6. The highest BCUT2D eigenvalue weighted by atomic mass is 32.3. The number of hydrogen-bond acceptors (Lipinski definition) is 17. The van der Waals surface area contributed by atoms with Crippen LogP contribution in [-0.4, -0.2) is 160 Å². The molecule has 1 aromatic carbocycles. The number of amides is 5. The molecule has 4 fully saturated rings. The average molecular weight is 812 g/mol. The number of aryl methyl sites for hydroxylation is 1. The predicted octanol–water partition coefficient (Wildman–Crippen LogP) is -2.55. The summed E-state index contributed by atoms with van der Waals surface area (Å²) in [6, 6.07) is 0.220. The van der Waals surface area contributed by atoms with E-state index in [0.29, 0.717) is 0 Å². The summed E-state index contributed by atoms with van der Waals surface area (Å²) in [5.74, 6) is -4.62. The predicted molar refractivity (Wildman–Crippen MR) is 170 cm³/mol. The van der Waals surface area contributed by atoms with E-state index in [1.54, 1.807) is 19.1 Å². The zero-order chi connectivity index (χ0) is 39.7. The maximum atomic E-state index is 14.4. The molecule has 300 valence electrons. The Morgan fingerprint density at radius 2 is 0.963 bits per heavy atom. The summed E-state index contributed by atoms with van der Waals surface area (Å²) >= 11 is 0. The summed E-state index contributed by atoms with van der Waals surface area (Å²) in [5.41, 5.74) is 6.38. The zero-order valence-corrected chi connectivity index (χ0v) is 29.8. The summed E-state index contributed by atoms with van der Waals surface area (Å²) in [6.07, 6.45) is -6.78. The molecule has 6 N–H and O–H groups in total. The lowest BCUT2D eigenvalue weighted by atomic mass is 10.1. The van der Waals surface area contributed by atoms with E-state index < -0.39 is 138 Å². The van der Waals surface area contributed by atoms with Crippen LogP contribution in [-0.2, 0) is 68.2 Å². The highest BCUT2D eigenvalue weighted by molar-refractivity contribution is 7.81. The Labute approximate surface area is 306 Å². The van der Waals surface area contributed by atoms with Crippen molar-refractivity contribution in [3.63, 3.8) is 0 Å². The van der Waals surface area contributed by atoms with Crippen LogP contribution in [0.5, 0.6) is 0 Å². The lowest BCUT2D eigenvalue weighted by Gasteiger charge is -2.35. The quantitative estimate of drug-likeness (QED) is 0.0778. The number of carbonyl (C=O) groups excluding carboxylic acids is 5. The molecule has 0 aromatic heterocycles. The molecule has 1 aromatic rings. The first-order valence-corrected chi connectivity index (χ1v) is 18.9. The molecule has 0 bridgehead atoms. The molecule has 4 aliphatic heterocycles. The molecule has 0 spiro atoms. The second-order valence-corrected chi connectivity index (χ2v) is 15.2. The van der Waals surface area contributed by atoms with E-state index >= 15 is 0 Å². The van der Waals surface area contributed by atoms with Crippen LogP contribution >= 0.6 is 0 Å². The average Bonchev–Trinajstić information content (AvgIpc) is 3.88. The molecule has 26 heteroatoms. The minimum absolute atomic E-state index is 0.116. The van der Waals surface area contributed by atoms with Gasteiger partial charge in [0.05, 0.1) is 25.3 Å². The van der Waals surface area contributed by atoms with Gasteiger partial charge in [-0.25, -0.2) is 28.7 Å². The lowest BCUT2D eigenvalue weighted by molar-refractivity contribution is -0.504. The fraction of sp³-hybridized carbons (Fsp3) is 0.607. The Hall–Kier alpha value is -3.93. The highest BCUT2D eigenvalue weighted by Crippen LogP contribution is 2.33. The molecule has 0 saturated carbocycles. The fourth-order valence-corrected chi connectivity index (χ4v) is 8.26. The number of benzene rings is 1. The minimum Gasteiger partial charge on any atom is -0.368 e. The van der Waals surface area contributed by atoms with E-state index in [1.165, 1.54) is 12.1 Å². The van der Waals surface area contributed by atoms with Crippen LogP contribution in [0.3, 0.4) is 0 Å². The Balaban J connectivity index is 1.44. The Morgan fingerprint density at radius 1 is 0.611 bits per heavy atom. The lowest BCUT2D eigenvalue weighted by Crippen LogP contribution is -2.57. The maximum Gasteiger partial charge on any atom is 0.397 e. The van der Waals surface area contributed by atoms with Crippen molar-refractivity contribution in [3.05, 3.63) is 35.4 Å². The van der Waals surface area contributed by atoms with Crippen LogP contribution in [0.4, 0.5) is 0 Å². The normalized spacial score (nSPS) is 28.9. The van der Waals surface area contributed by atoms with E-state index in [-0.39, 0.29) is 18.4 Å². The van der Waals surface area contributed by atoms with Gasteiger partial charge in [0.2, 0.25) is 23.6 Å². The summed E-state index contributed by atoms with van der Waals surface area (Å²) in [4.78, 5) is 82.0. The van der Waals surface area contributed by atoms with Crippen molar-refractivity contribution in [2.75, 3.05) is 26.2 Å². The van der Waals surface area contributed by atoms with E-state index in [0.717, 1.165) is 25.2 Å². The number of carbonyl (C=O) groups is 5. The van der Waals surface area contributed by atoms with Gasteiger partial charge in [0.25, 0.3) is 5.91 Å². The van der Waals surface area contributed by atoms with Gasteiger partial charge >= 0.3 is 20.8 Å². The molecule has 8 atom stereocenters. The number of likely N-dealkylation sites (tertiary alicyclic amines) is 4. The van der Waals surface area contributed by atoms with Crippen molar-refractivity contribution in [2.45, 2.75) is 81.2 Å². The first-order chi connectivity index (χ1) is 25.3. The largest absolute Gasteiger partial charge is 0.397 e. The molecule has 0 radical (unpaired) electrons. The Morgan fingerprint density at radius 3 is 1.37 bits per heavy atom. The van der Waals surface area contributed by atoms with Gasteiger partial charge in [-0.3, -0.25) is 33.1 Å².